The van der Waals surface area contributed by atoms with Gasteiger partial charge in [-0.25, -0.2) is 0 Å². The number of hydrogen-bond acceptors (Lipinski definition) is 2. The molecule has 0 aromatic heterocycles. The molecule has 1 aliphatic rings. The van der Waals surface area contributed by atoms with Crippen LogP contribution in [-0.4, -0.2) is 16.1 Å². The molecule has 0 amide bonds. The van der Waals surface area contributed by atoms with Gasteiger partial charge in [0.1, 0.15) is 0 Å². The second-order valence-corrected chi connectivity index (χ2v) is 1.91. The van der Waals surface area contributed by atoms with Crippen LogP contribution in [0.1, 0.15) is 0 Å². The van der Waals surface area contributed by atoms with Gasteiger partial charge in [0.25, 0.3) is 0 Å². The summed E-state index contributed by atoms with van der Waals surface area (Å²) >= 11 is 0. The third-order valence-corrected chi connectivity index (χ3v) is 1.22. The smallest absolute Gasteiger partial charge is 0.345 e. The van der Waals surface area contributed by atoms with Gasteiger partial charge in [-0.15, -0.1) is 0 Å². The molecule has 0 N–H and O–H groups in total. The van der Waals surface area contributed by atoms with E-state index in [0.29, 0.717) is 0 Å². The molecular formula is C3H5NOSi. The van der Waals surface area contributed by atoms with E-state index in [9.17, 15) is 0 Å². The normalized spacial score (nSPS) is 21.3. The summed E-state index contributed by atoms with van der Waals surface area (Å²) in [5.41, 5.74) is 0. The molecule has 0 bridgehead atoms. The minimum Gasteiger partial charge on any atom is -0.534 e. The van der Waals surface area contributed by atoms with Gasteiger partial charge < -0.3 is 4.43 Å². The zero-order chi connectivity index (χ0) is 4.24. The van der Waals surface area contributed by atoms with Crippen LogP contribution < -0.4 is 0 Å². The van der Waals surface area contributed by atoms with E-state index in [1.54, 1.807) is 18.6 Å². The summed E-state index contributed by atoms with van der Waals surface area (Å²) in [4.78, 5) is 0. The Morgan fingerprint density at radius 3 is 2.83 bits per heavy atom. The van der Waals surface area contributed by atoms with E-state index >= 15 is 0 Å². The second kappa shape index (κ2) is 1.77. The van der Waals surface area contributed by atoms with E-state index in [4.69, 9.17) is 4.43 Å². The molecule has 0 fully saturated rings. The molecule has 1 rings (SSSR count). The molecule has 0 aromatic carbocycles. The van der Waals surface area contributed by atoms with Gasteiger partial charge in [-0.3, -0.25) is 4.66 Å². The van der Waals surface area contributed by atoms with Gasteiger partial charge in [-0.05, 0) is 6.08 Å². The molecule has 6 heavy (non-hydrogen) atoms. The van der Waals surface area contributed by atoms with Gasteiger partial charge in [-0.1, -0.05) is 0 Å². The maximum Gasteiger partial charge on any atom is 0.345 e. The van der Waals surface area contributed by atoms with Crippen molar-refractivity contribution in [3.63, 3.8) is 0 Å². The minimum atomic E-state index is -0.509. The van der Waals surface area contributed by atoms with Crippen molar-refractivity contribution in [1.82, 2.24) is 0 Å². The average molecular weight is 99.2 g/mol. The SMILES string of the molecule is C1=CO[SiH2]N=C1. The fourth-order valence-corrected chi connectivity index (χ4v) is 0.772. The predicted octanol–water partition coefficient (Wildman–Crippen LogP) is -0.400. The predicted molar refractivity (Wildman–Crippen MR) is 27.3 cm³/mol. The van der Waals surface area contributed by atoms with Crippen molar-refractivity contribution < 1.29 is 4.43 Å². The number of allylic oxidation sites excluding steroid dienone is 1. The number of nitrogens with zero attached hydrogens (tertiary/aromatic N) is 1. The van der Waals surface area contributed by atoms with Gasteiger partial charge in [-0.2, -0.15) is 0 Å². The summed E-state index contributed by atoms with van der Waals surface area (Å²) in [6.45, 7) is 0. The standard InChI is InChI=1S/C3H5NOSi/c1-2-4-6-5-3-1/h1-3H,6H2. The maximum atomic E-state index is 4.83. The molecule has 0 aliphatic carbocycles. The van der Waals surface area contributed by atoms with Crippen LogP contribution in [-0.2, 0) is 4.43 Å². The Labute approximate surface area is 38.6 Å². The summed E-state index contributed by atoms with van der Waals surface area (Å²) in [5, 5.41) is 0. The lowest BCUT2D eigenvalue weighted by molar-refractivity contribution is 0.514. The number of hydrogen-bond donors (Lipinski definition) is 0. The Kier molecular flexibility index (Phi) is 1.06. The molecule has 0 aromatic rings. The van der Waals surface area contributed by atoms with Gasteiger partial charge in [0.2, 0.25) is 0 Å². The van der Waals surface area contributed by atoms with Gasteiger partial charge in [0.05, 0.1) is 6.26 Å². The van der Waals surface area contributed by atoms with E-state index in [1.807, 2.05) is 0 Å². The molecule has 0 unspecified atom stereocenters. The van der Waals surface area contributed by atoms with E-state index in [2.05, 4.69) is 4.66 Å². The minimum absolute atomic E-state index is 0.509. The molecule has 1 heterocycles. The highest BCUT2D eigenvalue weighted by molar-refractivity contribution is 6.28. The van der Waals surface area contributed by atoms with Crippen molar-refractivity contribution in [3.05, 3.63) is 12.3 Å². The Hall–Kier alpha value is -0.573. The molecule has 0 radical (unpaired) electrons. The summed E-state index contributed by atoms with van der Waals surface area (Å²) in [5.74, 6) is 0. The van der Waals surface area contributed by atoms with Crippen LogP contribution in [0.4, 0.5) is 0 Å². The molecular weight excluding hydrogens is 94.1 g/mol. The summed E-state index contributed by atoms with van der Waals surface area (Å²) < 4.78 is 8.71. The summed E-state index contributed by atoms with van der Waals surface area (Å²) in [6.07, 6.45) is 5.24. The largest absolute Gasteiger partial charge is 0.534 e. The first-order valence-electron chi connectivity index (χ1n) is 1.77. The van der Waals surface area contributed by atoms with E-state index in [1.165, 1.54) is 0 Å². The zero-order valence-corrected chi connectivity index (χ0v) is 4.71. The fourth-order valence-electron chi connectivity index (χ4n) is 0.281. The highest BCUT2D eigenvalue weighted by Gasteiger charge is 1.78. The molecule has 0 atom stereocenters. The van der Waals surface area contributed by atoms with Crippen molar-refractivity contribution in [2.24, 2.45) is 4.66 Å². The van der Waals surface area contributed by atoms with Crippen molar-refractivity contribution in [1.29, 1.82) is 0 Å². The summed E-state index contributed by atoms with van der Waals surface area (Å²) in [7, 11) is -0.509. The van der Waals surface area contributed by atoms with Crippen LogP contribution in [0.5, 0.6) is 0 Å². The van der Waals surface area contributed by atoms with Crippen LogP contribution in [0, 0.1) is 0 Å². The first-order valence-corrected chi connectivity index (χ1v) is 2.98. The summed E-state index contributed by atoms with van der Waals surface area (Å²) in [6, 6.07) is 0. The Morgan fingerprint density at radius 1 is 1.67 bits per heavy atom. The van der Waals surface area contributed by atoms with Gasteiger partial charge in [0.15, 0.2) is 0 Å². The quantitative estimate of drug-likeness (QED) is 0.379. The second-order valence-electron chi connectivity index (χ2n) is 0.956. The highest BCUT2D eigenvalue weighted by atomic mass is 28.2. The maximum absolute atomic E-state index is 4.83. The van der Waals surface area contributed by atoms with Crippen molar-refractivity contribution in [2.75, 3.05) is 0 Å². The van der Waals surface area contributed by atoms with Crippen molar-refractivity contribution in [3.8, 4) is 0 Å². The first-order chi connectivity index (χ1) is 3.00. The third kappa shape index (κ3) is 0.685. The highest BCUT2D eigenvalue weighted by Crippen LogP contribution is 1.78. The zero-order valence-electron chi connectivity index (χ0n) is 3.29. The lowest BCUT2D eigenvalue weighted by Gasteiger charge is -1.94. The lowest BCUT2D eigenvalue weighted by Crippen LogP contribution is -1.91. The van der Waals surface area contributed by atoms with Crippen LogP contribution in [0.25, 0.3) is 0 Å². The molecule has 2 nitrogen and oxygen atoms in total. The third-order valence-electron chi connectivity index (χ3n) is 0.515. The monoisotopic (exact) mass is 99.0 g/mol. The van der Waals surface area contributed by atoms with Crippen LogP contribution >= 0.6 is 0 Å². The van der Waals surface area contributed by atoms with Crippen molar-refractivity contribution >= 4 is 16.1 Å². The Balaban J connectivity index is 2.46. The molecule has 0 spiro atoms. The van der Waals surface area contributed by atoms with Gasteiger partial charge >= 0.3 is 9.92 Å². The fraction of sp³-hybridized carbons (Fsp3) is 0. The average Bonchev–Trinajstić information content (AvgIpc) is 1.72. The van der Waals surface area contributed by atoms with Gasteiger partial charge in [0, 0.05) is 6.21 Å². The van der Waals surface area contributed by atoms with E-state index < -0.39 is 9.92 Å². The Morgan fingerprint density at radius 2 is 2.67 bits per heavy atom. The van der Waals surface area contributed by atoms with E-state index in [-0.39, 0.29) is 0 Å². The topological polar surface area (TPSA) is 21.6 Å². The lowest BCUT2D eigenvalue weighted by atomic mass is 10.7. The van der Waals surface area contributed by atoms with E-state index in [0.717, 1.165) is 0 Å². The first kappa shape index (κ1) is 3.61. The molecule has 0 saturated carbocycles. The number of rotatable bonds is 0. The van der Waals surface area contributed by atoms with Crippen LogP contribution in [0.2, 0.25) is 0 Å². The van der Waals surface area contributed by atoms with Crippen LogP contribution in [0.15, 0.2) is 17.0 Å². The molecule has 32 valence electrons. The molecule has 1 aliphatic heterocycles. The Bertz CT molecular complexity index is 76.8. The van der Waals surface area contributed by atoms with Crippen molar-refractivity contribution in [2.45, 2.75) is 0 Å². The molecule has 0 saturated heterocycles. The molecule has 3 heteroatoms. The van der Waals surface area contributed by atoms with Crippen LogP contribution in [0.3, 0.4) is 0 Å².